The van der Waals surface area contributed by atoms with Crippen LogP contribution in [0, 0.1) is 5.82 Å². The van der Waals surface area contributed by atoms with Crippen LogP contribution in [0.4, 0.5) is 4.39 Å². The van der Waals surface area contributed by atoms with Crippen molar-refractivity contribution in [3.63, 3.8) is 0 Å². The zero-order valence-corrected chi connectivity index (χ0v) is 17.8. The van der Waals surface area contributed by atoms with Crippen molar-refractivity contribution in [1.82, 2.24) is 25.0 Å². The molecule has 0 radical (unpaired) electrons. The molecule has 1 aromatic carbocycles. The fourth-order valence-corrected chi connectivity index (χ4v) is 3.66. The highest BCUT2D eigenvalue weighted by Gasteiger charge is 2.06. The molecule has 3 N–H and O–H groups in total. The standard InChI is InChI=1S/C18H19FN6S.HI/c1-20-17(23-10-14-11-25-6-7-26-18(25)24-14)21-5-4-12-9-22-16-8-13(19)2-3-15(12)16;/h2-3,6-9,11,22H,4-5,10H2,1H3,(H2,20,21,23);1H. The van der Waals surface area contributed by atoms with Crippen molar-refractivity contribution in [2.45, 2.75) is 13.0 Å². The molecule has 0 saturated heterocycles. The maximum Gasteiger partial charge on any atom is 0.193 e. The number of halogens is 2. The first-order chi connectivity index (χ1) is 12.7. The van der Waals surface area contributed by atoms with Gasteiger partial charge in [-0.1, -0.05) is 0 Å². The van der Waals surface area contributed by atoms with E-state index < -0.39 is 0 Å². The van der Waals surface area contributed by atoms with Gasteiger partial charge in [-0.05, 0) is 30.2 Å². The van der Waals surface area contributed by atoms with E-state index >= 15 is 0 Å². The van der Waals surface area contributed by atoms with E-state index in [-0.39, 0.29) is 29.8 Å². The lowest BCUT2D eigenvalue weighted by Gasteiger charge is -2.10. The Morgan fingerprint density at radius 1 is 1.37 bits per heavy atom. The number of fused-ring (bicyclic) bond motifs is 2. The van der Waals surface area contributed by atoms with Crippen LogP contribution in [0.3, 0.4) is 0 Å². The van der Waals surface area contributed by atoms with Gasteiger partial charge in [0.2, 0.25) is 0 Å². The lowest BCUT2D eigenvalue weighted by atomic mass is 10.1. The number of hydrogen-bond acceptors (Lipinski definition) is 3. The molecule has 0 bridgehead atoms. The Bertz CT molecular complexity index is 1040. The molecule has 6 nitrogen and oxygen atoms in total. The fourth-order valence-electron chi connectivity index (χ4n) is 2.94. The third-order valence-electron chi connectivity index (χ3n) is 4.22. The predicted octanol–water partition coefficient (Wildman–Crippen LogP) is 3.54. The lowest BCUT2D eigenvalue weighted by Crippen LogP contribution is -2.37. The molecule has 9 heteroatoms. The molecule has 0 aliphatic rings. The minimum atomic E-state index is -0.229. The van der Waals surface area contributed by atoms with Crippen LogP contribution in [0.2, 0.25) is 0 Å². The number of rotatable bonds is 5. The highest BCUT2D eigenvalue weighted by molar-refractivity contribution is 14.0. The van der Waals surface area contributed by atoms with Gasteiger partial charge in [0.1, 0.15) is 5.82 Å². The van der Waals surface area contributed by atoms with E-state index in [1.165, 1.54) is 12.1 Å². The van der Waals surface area contributed by atoms with Crippen LogP contribution in [0.1, 0.15) is 11.3 Å². The molecule has 0 aliphatic heterocycles. The summed E-state index contributed by atoms with van der Waals surface area (Å²) in [5, 5.41) is 9.64. The van der Waals surface area contributed by atoms with Crippen LogP contribution in [0.25, 0.3) is 15.9 Å². The number of imidazole rings is 1. The summed E-state index contributed by atoms with van der Waals surface area (Å²) in [7, 11) is 1.75. The Morgan fingerprint density at radius 2 is 2.26 bits per heavy atom. The molecule has 3 aromatic heterocycles. The van der Waals surface area contributed by atoms with Gasteiger partial charge in [-0.3, -0.25) is 9.39 Å². The number of benzene rings is 1. The first-order valence-electron chi connectivity index (χ1n) is 8.34. The molecular formula is C18H20FIN6S. The predicted molar refractivity (Wildman–Crippen MR) is 119 cm³/mol. The van der Waals surface area contributed by atoms with E-state index in [4.69, 9.17) is 0 Å². The number of H-pyrrole nitrogens is 1. The van der Waals surface area contributed by atoms with Crippen molar-refractivity contribution < 1.29 is 4.39 Å². The largest absolute Gasteiger partial charge is 0.361 e. The third-order valence-corrected chi connectivity index (χ3v) is 4.99. The molecular weight excluding hydrogens is 478 g/mol. The molecule has 0 atom stereocenters. The number of aliphatic imine (C=N–C) groups is 1. The smallest absolute Gasteiger partial charge is 0.193 e. The van der Waals surface area contributed by atoms with Crippen molar-refractivity contribution >= 4 is 57.1 Å². The minimum absolute atomic E-state index is 0. The topological polar surface area (TPSA) is 69.5 Å². The molecule has 27 heavy (non-hydrogen) atoms. The summed E-state index contributed by atoms with van der Waals surface area (Å²) in [6.45, 7) is 1.34. The third kappa shape index (κ3) is 4.41. The Balaban J connectivity index is 0.00000210. The summed E-state index contributed by atoms with van der Waals surface area (Å²) in [6.07, 6.45) is 6.75. The highest BCUT2D eigenvalue weighted by atomic mass is 127. The molecule has 0 saturated carbocycles. The van der Waals surface area contributed by atoms with Crippen molar-refractivity contribution in [2.24, 2.45) is 4.99 Å². The minimum Gasteiger partial charge on any atom is -0.361 e. The monoisotopic (exact) mass is 498 g/mol. The van der Waals surface area contributed by atoms with Gasteiger partial charge in [-0.15, -0.1) is 35.3 Å². The number of thiazole rings is 1. The highest BCUT2D eigenvalue weighted by Crippen LogP contribution is 2.19. The molecule has 4 rings (SSSR count). The van der Waals surface area contributed by atoms with E-state index in [9.17, 15) is 4.39 Å². The van der Waals surface area contributed by atoms with Crippen LogP contribution < -0.4 is 10.6 Å². The van der Waals surface area contributed by atoms with Gasteiger partial charge in [0.05, 0.1) is 12.2 Å². The normalized spacial score (nSPS) is 11.7. The summed E-state index contributed by atoms with van der Waals surface area (Å²) in [5.74, 6) is 0.500. The first-order valence-corrected chi connectivity index (χ1v) is 9.22. The number of aromatic nitrogens is 3. The molecule has 0 fully saturated rings. The SMILES string of the molecule is CN=C(NCCc1c[nH]c2cc(F)ccc12)NCc1cn2ccsc2n1.I. The Kier molecular flexibility index (Phi) is 6.32. The zero-order chi connectivity index (χ0) is 17.9. The van der Waals surface area contributed by atoms with Gasteiger partial charge in [0.25, 0.3) is 0 Å². The molecule has 0 unspecified atom stereocenters. The Labute approximate surface area is 176 Å². The van der Waals surface area contributed by atoms with Crippen LogP contribution in [-0.2, 0) is 13.0 Å². The van der Waals surface area contributed by atoms with E-state index in [1.807, 2.05) is 34.4 Å². The summed E-state index contributed by atoms with van der Waals surface area (Å²) >= 11 is 1.61. The van der Waals surface area contributed by atoms with E-state index in [0.29, 0.717) is 6.54 Å². The molecule has 0 amide bonds. The Morgan fingerprint density at radius 3 is 3.07 bits per heavy atom. The summed E-state index contributed by atoms with van der Waals surface area (Å²) in [6, 6.07) is 4.82. The van der Waals surface area contributed by atoms with Crippen LogP contribution in [0.5, 0.6) is 0 Å². The Hall–Kier alpha value is -2.14. The van der Waals surface area contributed by atoms with E-state index in [0.717, 1.165) is 46.0 Å². The van der Waals surface area contributed by atoms with Crippen molar-refractivity contribution in [3.05, 3.63) is 59.2 Å². The molecule has 4 aromatic rings. The summed E-state index contributed by atoms with van der Waals surface area (Å²) in [4.78, 5) is 12.9. The van der Waals surface area contributed by atoms with Gasteiger partial charge < -0.3 is 15.6 Å². The number of nitrogens with one attached hydrogen (secondary N) is 3. The van der Waals surface area contributed by atoms with E-state index in [2.05, 4.69) is 25.6 Å². The molecule has 0 spiro atoms. The second kappa shape index (κ2) is 8.70. The van der Waals surface area contributed by atoms with Crippen LogP contribution in [-0.4, -0.2) is 33.9 Å². The van der Waals surface area contributed by atoms with E-state index in [1.54, 1.807) is 18.4 Å². The number of hydrogen-bond donors (Lipinski definition) is 3. The number of guanidine groups is 1. The maximum absolute atomic E-state index is 13.3. The number of nitrogens with zero attached hydrogens (tertiary/aromatic N) is 3. The van der Waals surface area contributed by atoms with Crippen molar-refractivity contribution in [3.8, 4) is 0 Å². The van der Waals surface area contributed by atoms with Gasteiger partial charge in [-0.25, -0.2) is 9.37 Å². The van der Waals surface area contributed by atoms with Crippen LogP contribution >= 0.6 is 35.3 Å². The van der Waals surface area contributed by atoms with Gasteiger partial charge in [0, 0.05) is 48.5 Å². The maximum atomic E-state index is 13.3. The van der Waals surface area contributed by atoms with Crippen molar-refractivity contribution in [1.29, 1.82) is 0 Å². The van der Waals surface area contributed by atoms with Crippen molar-refractivity contribution in [2.75, 3.05) is 13.6 Å². The quantitative estimate of drug-likeness (QED) is 0.224. The first kappa shape index (κ1) is 19.6. The summed E-state index contributed by atoms with van der Waals surface area (Å²) in [5.41, 5.74) is 2.94. The molecule has 0 aliphatic carbocycles. The lowest BCUT2D eigenvalue weighted by molar-refractivity contribution is 0.629. The second-order valence-electron chi connectivity index (χ2n) is 5.93. The molecule has 3 heterocycles. The summed E-state index contributed by atoms with van der Waals surface area (Å²) < 4.78 is 15.3. The zero-order valence-electron chi connectivity index (χ0n) is 14.7. The fraction of sp³-hybridized carbons (Fsp3) is 0.222. The average molecular weight is 498 g/mol. The second-order valence-corrected chi connectivity index (χ2v) is 6.80. The van der Waals surface area contributed by atoms with Crippen LogP contribution in [0.15, 0.2) is 47.2 Å². The number of aromatic amines is 1. The molecule has 142 valence electrons. The van der Waals surface area contributed by atoms with Gasteiger partial charge in [0.15, 0.2) is 10.9 Å². The van der Waals surface area contributed by atoms with Gasteiger partial charge in [-0.2, -0.15) is 0 Å². The van der Waals surface area contributed by atoms with Gasteiger partial charge >= 0.3 is 0 Å². The average Bonchev–Trinajstić information content (AvgIpc) is 3.32.